The summed E-state index contributed by atoms with van der Waals surface area (Å²) in [5.41, 5.74) is 0. The molecule has 0 amide bonds. The second-order valence-corrected chi connectivity index (χ2v) is 7.67. The molecule has 2 saturated carbocycles. The summed E-state index contributed by atoms with van der Waals surface area (Å²) in [4.78, 5) is 14.1. The van der Waals surface area contributed by atoms with Gasteiger partial charge < -0.3 is 14.7 Å². The van der Waals surface area contributed by atoms with Crippen molar-refractivity contribution in [3.8, 4) is 0 Å². The van der Waals surface area contributed by atoms with E-state index >= 15 is 0 Å². The molecule has 4 rings (SSSR count). The molecule has 1 aromatic heterocycles. The number of hydrogen-bond acceptors (Lipinski definition) is 5. The number of nitrogens with one attached hydrogen (secondary N) is 1. The molecule has 0 spiro atoms. The van der Waals surface area contributed by atoms with Gasteiger partial charge in [0.2, 0.25) is 5.89 Å². The number of rotatable bonds is 4. The number of nitrogens with zero attached hydrogens (tertiary/aromatic N) is 5. The largest absolute Gasteiger partial charge is 0.357 e. The number of aliphatic imine (C=N–C) groups is 1. The van der Waals surface area contributed by atoms with Gasteiger partial charge in [-0.2, -0.15) is 4.98 Å². The Morgan fingerprint density at radius 1 is 1.24 bits per heavy atom. The molecule has 7 nitrogen and oxygen atoms in total. The molecule has 2 bridgehead atoms. The van der Waals surface area contributed by atoms with Gasteiger partial charge in [-0.1, -0.05) is 11.6 Å². The minimum atomic E-state index is 0.465. The van der Waals surface area contributed by atoms with E-state index in [1.54, 1.807) is 6.92 Å². The fraction of sp³-hybridized carbons (Fsp3) is 0.833. The van der Waals surface area contributed by atoms with Gasteiger partial charge in [-0.05, 0) is 38.0 Å². The van der Waals surface area contributed by atoms with Gasteiger partial charge in [0.15, 0.2) is 11.8 Å². The van der Waals surface area contributed by atoms with Crippen LogP contribution in [0.1, 0.15) is 44.3 Å². The van der Waals surface area contributed by atoms with Crippen LogP contribution in [0, 0.1) is 18.8 Å². The lowest BCUT2D eigenvalue weighted by Gasteiger charge is -2.41. The van der Waals surface area contributed by atoms with E-state index in [2.05, 4.69) is 32.2 Å². The van der Waals surface area contributed by atoms with Crippen LogP contribution in [-0.2, 0) is 6.54 Å². The molecule has 1 aromatic rings. The van der Waals surface area contributed by atoms with E-state index in [1.165, 1.54) is 25.7 Å². The van der Waals surface area contributed by atoms with Crippen LogP contribution >= 0.6 is 0 Å². The maximum absolute atomic E-state index is 5.03. The van der Waals surface area contributed by atoms with E-state index in [1.807, 2.05) is 0 Å². The number of piperazine rings is 1. The predicted octanol–water partition coefficient (Wildman–Crippen LogP) is 1.65. The van der Waals surface area contributed by atoms with E-state index in [0.29, 0.717) is 18.3 Å². The van der Waals surface area contributed by atoms with Gasteiger partial charge in [0.05, 0.1) is 0 Å². The highest BCUT2D eigenvalue weighted by molar-refractivity contribution is 5.80. The molecule has 0 aromatic carbocycles. The fourth-order valence-electron chi connectivity index (χ4n) is 4.90. The third kappa shape index (κ3) is 3.66. The van der Waals surface area contributed by atoms with Crippen molar-refractivity contribution in [1.29, 1.82) is 0 Å². The molecule has 3 aliphatic rings. The van der Waals surface area contributed by atoms with Gasteiger partial charge >= 0.3 is 0 Å². The quantitative estimate of drug-likeness (QED) is 0.660. The number of aromatic nitrogens is 2. The second-order valence-electron chi connectivity index (χ2n) is 7.67. The first-order chi connectivity index (χ1) is 12.2. The maximum atomic E-state index is 5.03. The Kier molecular flexibility index (Phi) is 4.92. The van der Waals surface area contributed by atoms with Gasteiger partial charge in [0.1, 0.15) is 6.54 Å². The van der Waals surface area contributed by atoms with Crippen LogP contribution in [0.15, 0.2) is 9.52 Å². The van der Waals surface area contributed by atoms with Crippen LogP contribution in [0.25, 0.3) is 0 Å². The minimum absolute atomic E-state index is 0.465. The summed E-state index contributed by atoms with van der Waals surface area (Å²) in [6.45, 7) is 9.65. The average molecular weight is 346 g/mol. The molecule has 138 valence electrons. The molecule has 1 N–H and O–H groups in total. The summed E-state index contributed by atoms with van der Waals surface area (Å²) in [7, 11) is 0. The molecule has 3 unspecified atom stereocenters. The van der Waals surface area contributed by atoms with Gasteiger partial charge in [0, 0.05) is 45.7 Å². The third-order valence-electron chi connectivity index (χ3n) is 6.06. The highest BCUT2D eigenvalue weighted by Gasteiger charge is 2.42. The van der Waals surface area contributed by atoms with E-state index in [9.17, 15) is 0 Å². The summed E-state index contributed by atoms with van der Waals surface area (Å²) in [5.74, 6) is 4.20. The molecule has 3 atom stereocenters. The molecule has 2 heterocycles. The van der Waals surface area contributed by atoms with Crippen molar-refractivity contribution in [3.63, 3.8) is 0 Å². The van der Waals surface area contributed by atoms with E-state index in [4.69, 9.17) is 9.52 Å². The average Bonchev–Trinajstić information content (AvgIpc) is 3.36. The minimum Gasteiger partial charge on any atom is -0.357 e. The molecule has 1 saturated heterocycles. The van der Waals surface area contributed by atoms with E-state index < -0.39 is 0 Å². The molecular weight excluding hydrogens is 316 g/mol. The number of fused-ring (bicyclic) bond motifs is 2. The number of guanidine groups is 1. The highest BCUT2D eigenvalue weighted by Crippen LogP contribution is 2.46. The Morgan fingerprint density at radius 2 is 2.08 bits per heavy atom. The summed E-state index contributed by atoms with van der Waals surface area (Å²) in [5, 5.41) is 7.34. The molecular formula is C18H30N6O. The van der Waals surface area contributed by atoms with Crippen molar-refractivity contribution < 1.29 is 4.52 Å². The van der Waals surface area contributed by atoms with Gasteiger partial charge in [0.25, 0.3) is 0 Å². The maximum Gasteiger partial charge on any atom is 0.223 e. The van der Waals surface area contributed by atoms with Crippen LogP contribution in [0.5, 0.6) is 0 Å². The van der Waals surface area contributed by atoms with Crippen molar-refractivity contribution in [2.75, 3.05) is 32.7 Å². The van der Waals surface area contributed by atoms with Gasteiger partial charge in [-0.3, -0.25) is 4.90 Å². The molecule has 1 aliphatic heterocycles. The second kappa shape index (κ2) is 7.32. The summed E-state index contributed by atoms with van der Waals surface area (Å²) < 4.78 is 5.03. The first kappa shape index (κ1) is 16.8. The van der Waals surface area contributed by atoms with Crippen LogP contribution in [0.3, 0.4) is 0 Å². The van der Waals surface area contributed by atoms with Crippen LogP contribution in [0.2, 0.25) is 0 Å². The Hall–Kier alpha value is -1.63. The predicted molar refractivity (Wildman–Crippen MR) is 96.2 cm³/mol. The topological polar surface area (TPSA) is 69.8 Å². The van der Waals surface area contributed by atoms with Gasteiger partial charge in [-0.15, -0.1) is 0 Å². The Bertz CT molecular complexity index is 606. The van der Waals surface area contributed by atoms with E-state index in [-0.39, 0.29) is 0 Å². The van der Waals surface area contributed by atoms with Crippen LogP contribution in [0.4, 0.5) is 0 Å². The van der Waals surface area contributed by atoms with E-state index in [0.717, 1.165) is 56.6 Å². The number of aryl methyl sites for hydroxylation is 1. The summed E-state index contributed by atoms with van der Waals surface area (Å²) in [6.07, 6.45) is 5.87. The zero-order valence-corrected chi connectivity index (χ0v) is 15.4. The van der Waals surface area contributed by atoms with Crippen molar-refractivity contribution in [2.24, 2.45) is 16.8 Å². The zero-order valence-electron chi connectivity index (χ0n) is 15.4. The first-order valence-corrected chi connectivity index (χ1v) is 9.79. The molecule has 3 fully saturated rings. The summed E-state index contributed by atoms with van der Waals surface area (Å²) in [6, 6.07) is 0.850. The van der Waals surface area contributed by atoms with Crippen LogP contribution in [-0.4, -0.2) is 64.7 Å². The number of hydrogen-bond donors (Lipinski definition) is 1. The summed E-state index contributed by atoms with van der Waals surface area (Å²) >= 11 is 0. The third-order valence-corrected chi connectivity index (χ3v) is 6.06. The lowest BCUT2D eigenvalue weighted by atomic mass is 9.93. The zero-order chi connectivity index (χ0) is 17.2. The Balaban J connectivity index is 1.33. The monoisotopic (exact) mass is 346 g/mol. The fourth-order valence-corrected chi connectivity index (χ4v) is 4.90. The van der Waals surface area contributed by atoms with Crippen molar-refractivity contribution in [3.05, 3.63) is 11.7 Å². The molecule has 2 aliphatic carbocycles. The van der Waals surface area contributed by atoms with Crippen molar-refractivity contribution in [2.45, 2.75) is 52.1 Å². The molecule has 7 heteroatoms. The Labute approximate surface area is 149 Å². The first-order valence-electron chi connectivity index (χ1n) is 9.79. The molecule has 25 heavy (non-hydrogen) atoms. The van der Waals surface area contributed by atoms with Gasteiger partial charge in [-0.25, -0.2) is 4.99 Å². The highest BCUT2D eigenvalue weighted by atomic mass is 16.5. The standard InChI is InChI=1S/C18H30N6O/c1-3-19-18(20-12-17-21-13(2)25-22-17)24-8-6-23(7-9-24)16-11-14-4-5-15(16)10-14/h14-16H,3-12H2,1-2H3,(H,19,20). The lowest BCUT2D eigenvalue weighted by Crippen LogP contribution is -2.55. The lowest BCUT2D eigenvalue weighted by molar-refractivity contribution is 0.0958. The SMILES string of the molecule is CCNC(=NCc1noc(C)n1)N1CCN(C2CC3CCC2C3)CC1. The normalized spacial score (nSPS) is 30.2. The molecule has 0 radical (unpaired) electrons. The van der Waals surface area contributed by atoms with Crippen molar-refractivity contribution >= 4 is 5.96 Å². The smallest absolute Gasteiger partial charge is 0.223 e. The van der Waals surface area contributed by atoms with Crippen LogP contribution < -0.4 is 5.32 Å². The van der Waals surface area contributed by atoms with Crippen molar-refractivity contribution in [1.82, 2.24) is 25.3 Å². The Morgan fingerprint density at radius 3 is 2.68 bits per heavy atom.